The van der Waals surface area contributed by atoms with Gasteiger partial charge in [0.2, 0.25) is 0 Å². The van der Waals surface area contributed by atoms with Gasteiger partial charge in [0, 0.05) is 24.7 Å². The topological polar surface area (TPSA) is 73.2 Å². The lowest BCUT2D eigenvalue weighted by Gasteiger charge is -2.41. The first-order chi connectivity index (χ1) is 11.1. The molecule has 0 amide bonds. The van der Waals surface area contributed by atoms with Gasteiger partial charge in [0.1, 0.15) is 0 Å². The van der Waals surface area contributed by atoms with Crippen LogP contribution in [0, 0.1) is 0 Å². The maximum Gasteiger partial charge on any atom is 0.165 e. The third kappa shape index (κ3) is 2.11. The second kappa shape index (κ2) is 5.06. The first kappa shape index (κ1) is 14.2. The third-order valence-electron chi connectivity index (χ3n) is 5.02. The van der Waals surface area contributed by atoms with E-state index in [1.807, 2.05) is 6.07 Å². The van der Waals surface area contributed by atoms with E-state index in [-0.39, 0.29) is 23.3 Å². The van der Waals surface area contributed by atoms with Crippen molar-refractivity contribution in [1.82, 2.24) is 4.90 Å². The van der Waals surface area contributed by atoms with Crippen LogP contribution in [0.4, 0.5) is 0 Å². The first-order valence-electron chi connectivity index (χ1n) is 7.75. The monoisotopic (exact) mass is 313 g/mol. The number of aromatic hydroxyl groups is 3. The summed E-state index contributed by atoms with van der Waals surface area (Å²) in [5.41, 5.74) is 4.36. The molecular formula is C18H19NO4. The standard InChI is InChI=1S/C18H19NO4/c1-23-18-13-9-19-5-4-11-7-16(21)17(22)8-12(11)14(19)6-10(13)2-3-15(18)20/h2-3,7-8,14,20-22H,4-6,9H2,1H3. The number of phenols is 3. The fourth-order valence-electron chi connectivity index (χ4n) is 3.87. The molecular weight excluding hydrogens is 294 g/mol. The van der Waals surface area contributed by atoms with Gasteiger partial charge in [-0.1, -0.05) is 6.07 Å². The number of rotatable bonds is 1. The van der Waals surface area contributed by atoms with Crippen LogP contribution in [0.2, 0.25) is 0 Å². The SMILES string of the molecule is COc1c(O)ccc2c1CN1CCc3cc(O)c(O)cc3C1C2. The van der Waals surface area contributed by atoms with Crippen molar-refractivity contribution in [3.8, 4) is 23.0 Å². The Morgan fingerprint density at radius 1 is 1.04 bits per heavy atom. The zero-order valence-electron chi connectivity index (χ0n) is 12.9. The predicted octanol–water partition coefficient (Wildman–Crippen LogP) is 2.47. The molecule has 1 atom stereocenters. The fraction of sp³-hybridized carbons (Fsp3) is 0.333. The van der Waals surface area contributed by atoms with Crippen LogP contribution in [0.5, 0.6) is 23.0 Å². The largest absolute Gasteiger partial charge is 0.504 e. The van der Waals surface area contributed by atoms with Crippen molar-refractivity contribution in [2.45, 2.75) is 25.4 Å². The Morgan fingerprint density at radius 2 is 1.83 bits per heavy atom. The van der Waals surface area contributed by atoms with Gasteiger partial charge in [-0.15, -0.1) is 0 Å². The van der Waals surface area contributed by atoms with Crippen molar-refractivity contribution in [3.05, 3.63) is 46.5 Å². The van der Waals surface area contributed by atoms with E-state index in [0.29, 0.717) is 12.3 Å². The molecule has 23 heavy (non-hydrogen) atoms. The molecule has 0 fully saturated rings. The van der Waals surface area contributed by atoms with Gasteiger partial charge in [-0.25, -0.2) is 0 Å². The van der Waals surface area contributed by atoms with Gasteiger partial charge < -0.3 is 20.1 Å². The van der Waals surface area contributed by atoms with E-state index in [1.54, 1.807) is 25.3 Å². The lowest BCUT2D eigenvalue weighted by Crippen LogP contribution is -2.39. The second-order valence-electron chi connectivity index (χ2n) is 6.24. The van der Waals surface area contributed by atoms with E-state index in [0.717, 1.165) is 41.6 Å². The minimum absolute atomic E-state index is 0.0556. The summed E-state index contributed by atoms with van der Waals surface area (Å²) in [5.74, 6) is 0.602. The number of hydrogen-bond donors (Lipinski definition) is 3. The molecule has 120 valence electrons. The maximum atomic E-state index is 9.98. The highest BCUT2D eigenvalue weighted by Gasteiger charge is 2.34. The summed E-state index contributed by atoms with van der Waals surface area (Å²) in [4.78, 5) is 2.34. The number of ether oxygens (including phenoxy) is 1. The number of methoxy groups -OCH3 is 1. The minimum Gasteiger partial charge on any atom is -0.504 e. The molecule has 2 aliphatic rings. The number of benzene rings is 2. The molecule has 0 bridgehead atoms. The first-order valence-corrected chi connectivity index (χ1v) is 7.75. The van der Waals surface area contributed by atoms with E-state index < -0.39 is 0 Å². The van der Waals surface area contributed by atoms with E-state index in [4.69, 9.17) is 4.74 Å². The van der Waals surface area contributed by atoms with Crippen molar-refractivity contribution < 1.29 is 20.1 Å². The quantitative estimate of drug-likeness (QED) is 0.705. The molecule has 2 aromatic carbocycles. The Bertz CT molecular complexity index is 787. The fourth-order valence-corrected chi connectivity index (χ4v) is 3.87. The second-order valence-corrected chi connectivity index (χ2v) is 6.24. The summed E-state index contributed by atoms with van der Waals surface area (Å²) in [5, 5.41) is 29.6. The van der Waals surface area contributed by atoms with E-state index in [2.05, 4.69) is 4.90 Å². The Kier molecular flexibility index (Phi) is 3.13. The van der Waals surface area contributed by atoms with Gasteiger partial charge in [-0.05, 0) is 47.7 Å². The van der Waals surface area contributed by atoms with E-state index >= 15 is 0 Å². The van der Waals surface area contributed by atoms with Gasteiger partial charge in [-0.2, -0.15) is 0 Å². The summed E-state index contributed by atoms with van der Waals surface area (Å²) in [7, 11) is 1.58. The van der Waals surface area contributed by atoms with E-state index in [9.17, 15) is 15.3 Å². The number of fused-ring (bicyclic) bond motifs is 4. The lowest BCUT2D eigenvalue weighted by molar-refractivity contribution is 0.157. The molecule has 2 heterocycles. The lowest BCUT2D eigenvalue weighted by atomic mass is 9.83. The Labute approximate surface area is 134 Å². The molecule has 0 aliphatic carbocycles. The number of hydrogen-bond acceptors (Lipinski definition) is 5. The molecule has 0 spiro atoms. The van der Waals surface area contributed by atoms with Crippen LogP contribution in [-0.2, 0) is 19.4 Å². The molecule has 2 aliphatic heterocycles. The summed E-state index contributed by atoms with van der Waals surface area (Å²) in [6.07, 6.45) is 1.62. The molecule has 4 rings (SSSR count). The van der Waals surface area contributed by atoms with Crippen LogP contribution in [0.1, 0.15) is 28.3 Å². The minimum atomic E-state index is -0.0697. The van der Waals surface area contributed by atoms with Crippen molar-refractivity contribution in [3.63, 3.8) is 0 Å². The molecule has 0 saturated heterocycles. The summed E-state index contributed by atoms with van der Waals surface area (Å²) >= 11 is 0. The number of phenolic OH excluding ortho intramolecular Hbond substituents is 3. The Morgan fingerprint density at radius 3 is 2.61 bits per heavy atom. The van der Waals surface area contributed by atoms with Gasteiger partial charge >= 0.3 is 0 Å². The van der Waals surface area contributed by atoms with Gasteiger partial charge in [-0.3, -0.25) is 4.90 Å². The van der Waals surface area contributed by atoms with Crippen LogP contribution in [0.15, 0.2) is 24.3 Å². The van der Waals surface area contributed by atoms with Crippen LogP contribution >= 0.6 is 0 Å². The zero-order valence-corrected chi connectivity index (χ0v) is 12.9. The zero-order chi connectivity index (χ0) is 16.1. The summed E-state index contributed by atoms with van der Waals surface area (Å²) in [6, 6.07) is 7.15. The average Bonchev–Trinajstić information content (AvgIpc) is 2.54. The molecule has 0 radical (unpaired) electrons. The Hall–Kier alpha value is -2.40. The molecule has 0 aromatic heterocycles. The highest BCUT2D eigenvalue weighted by atomic mass is 16.5. The van der Waals surface area contributed by atoms with Crippen LogP contribution < -0.4 is 4.74 Å². The van der Waals surface area contributed by atoms with Gasteiger partial charge in [0.25, 0.3) is 0 Å². The Balaban J connectivity index is 1.79. The molecule has 0 saturated carbocycles. The highest BCUT2D eigenvalue weighted by molar-refractivity contribution is 5.53. The predicted molar refractivity (Wildman–Crippen MR) is 85.0 cm³/mol. The molecule has 5 nitrogen and oxygen atoms in total. The highest BCUT2D eigenvalue weighted by Crippen LogP contribution is 2.45. The smallest absolute Gasteiger partial charge is 0.165 e. The maximum absolute atomic E-state index is 9.98. The van der Waals surface area contributed by atoms with Crippen molar-refractivity contribution in [2.75, 3.05) is 13.7 Å². The van der Waals surface area contributed by atoms with Crippen LogP contribution in [-0.4, -0.2) is 33.9 Å². The number of nitrogens with zero attached hydrogens (tertiary/aromatic N) is 1. The van der Waals surface area contributed by atoms with E-state index in [1.165, 1.54) is 0 Å². The summed E-state index contributed by atoms with van der Waals surface area (Å²) in [6.45, 7) is 1.58. The van der Waals surface area contributed by atoms with Crippen molar-refractivity contribution in [2.24, 2.45) is 0 Å². The van der Waals surface area contributed by atoms with Crippen molar-refractivity contribution >= 4 is 0 Å². The normalized spacial score (nSPS) is 19.6. The van der Waals surface area contributed by atoms with Crippen LogP contribution in [0.25, 0.3) is 0 Å². The molecule has 5 heteroatoms. The molecule has 2 aromatic rings. The molecule has 1 unspecified atom stereocenters. The molecule has 3 N–H and O–H groups in total. The van der Waals surface area contributed by atoms with Crippen molar-refractivity contribution in [1.29, 1.82) is 0 Å². The van der Waals surface area contributed by atoms with Crippen LogP contribution in [0.3, 0.4) is 0 Å². The van der Waals surface area contributed by atoms with Gasteiger partial charge in [0.05, 0.1) is 7.11 Å². The average molecular weight is 313 g/mol. The van der Waals surface area contributed by atoms with Gasteiger partial charge in [0.15, 0.2) is 23.0 Å². The summed E-state index contributed by atoms with van der Waals surface area (Å²) < 4.78 is 5.38. The third-order valence-corrected chi connectivity index (χ3v) is 5.02.